The molecule has 14 heavy (non-hydrogen) atoms. The number of ether oxygens (including phenoxy) is 2. The van der Waals surface area contributed by atoms with Gasteiger partial charge >= 0.3 is 0 Å². The lowest BCUT2D eigenvalue weighted by Crippen LogP contribution is -2.43. The minimum atomic E-state index is -0.115. The highest BCUT2D eigenvalue weighted by molar-refractivity contribution is 4.76. The summed E-state index contributed by atoms with van der Waals surface area (Å²) < 4.78 is 11.7. The van der Waals surface area contributed by atoms with Gasteiger partial charge < -0.3 is 9.47 Å². The summed E-state index contributed by atoms with van der Waals surface area (Å²) in [6.07, 6.45) is 1.44. The van der Waals surface area contributed by atoms with Crippen molar-refractivity contribution in [1.29, 1.82) is 0 Å². The topological polar surface area (TPSA) is 18.5 Å². The van der Waals surface area contributed by atoms with Gasteiger partial charge in [0.1, 0.15) is 0 Å². The molecule has 2 unspecified atom stereocenters. The highest BCUT2D eigenvalue weighted by Gasteiger charge is 2.34. The van der Waals surface area contributed by atoms with E-state index in [9.17, 15) is 0 Å². The molecule has 4 atom stereocenters. The summed E-state index contributed by atoms with van der Waals surface area (Å²) in [5, 5.41) is 0. The minimum absolute atomic E-state index is 0.0336. The third-order valence-electron chi connectivity index (χ3n) is 2.87. The van der Waals surface area contributed by atoms with Gasteiger partial charge in [-0.25, -0.2) is 0 Å². The van der Waals surface area contributed by atoms with Crippen LogP contribution in [0.1, 0.15) is 48.0 Å². The number of hydrogen-bond donors (Lipinski definition) is 0. The van der Waals surface area contributed by atoms with Crippen LogP contribution in [-0.4, -0.2) is 18.0 Å². The maximum atomic E-state index is 5.91. The molecule has 0 saturated carbocycles. The molecule has 0 N–H and O–H groups in total. The van der Waals surface area contributed by atoms with Gasteiger partial charge in [0.2, 0.25) is 0 Å². The molecule has 0 bridgehead atoms. The van der Waals surface area contributed by atoms with Crippen molar-refractivity contribution in [2.75, 3.05) is 0 Å². The van der Waals surface area contributed by atoms with Gasteiger partial charge in [0.25, 0.3) is 0 Å². The molecule has 0 aromatic carbocycles. The Balaban J connectivity index is 2.58. The van der Waals surface area contributed by atoms with E-state index in [2.05, 4.69) is 41.5 Å². The molecular weight excluding hydrogens is 176 g/mol. The van der Waals surface area contributed by atoms with Crippen LogP contribution >= 0.6 is 0 Å². The van der Waals surface area contributed by atoms with E-state index in [0.717, 1.165) is 6.42 Å². The van der Waals surface area contributed by atoms with Gasteiger partial charge in [-0.2, -0.15) is 0 Å². The summed E-state index contributed by atoms with van der Waals surface area (Å²) in [6.45, 7) is 12.9. The molecule has 1 rings (SSSR count). The highest BCUT2D eigenvalue weighted by atomic mass is 16.7. The lowest BCUT2D eigenvalue weighted by atomic mass is 9.87. The van der Waals surface area contributed by atoms with Gasteiger partial charge in [-0.15, -0.1) is 0 Å². The van der Waals surface area contributed by atoms with Crippen molar-refractivity contribution in [3.8, 4) is 0 Å². The smallest absolute Gasteiger partial charge is 0.161 e. The Hall–Kier alpha value is -0.0800. The lowest BCUT2D eigenvalue weighted by Gasteiger charge is -2.40. The second kappa shape index (κ2) is 4.19. The van der Waals surface area contributed by atoms with E-state index < -0.39 is 0 Å². The number of rotatable bonds is 1. The third-order valence-corrected chi connectivity index (χ3v) is 2.87. The molecule has 1 heterocycles. The van der Waals surface area contributed by atoms with Crippen LogP contribution in [0.4, 0.5) is 0 Å². The Labute approximate surface area is 88.0 Å². The fraction of sp³-hybridized carbons (Fsp3) is 1.00. The van der Waals surface area contributed by atoms with Crippen LogP contribution in [0.2, 0.25) is 0 Å². The van der Waals surface area contributed by atoms with Gasteiger partial charge in [-0.3, -0.25) is 0 Å². The number of hydrogen-bond acceptors (Lipinski definition) is 2. The zero-order valence-electron chi connectivity index (χ0n) is 10.3. The predicted molar refractivity (Wildman–Crippen MR) is 58.1 cm³/mol. The maximum absolute atomic E-state index is 5.91. The quantitative estimate of drug-likeness (QED) is 0.647. The molecule has 0 aliphatic carbocycles. The molecule has 2 nitrogen and oxygen atoms in total. The molecule has 0 amide bonds. The van der Waals surface area contributed by atoms with E-state index in [1.165, 1.54) is 0 Å². The highest BCUT2D eigenvalue weighted by Crippen LogP contribution is 2.32. The van der Waals surface area contributed by atoms with E-state index in [1.807, 2.05) is 0 Å². The van der Waals surface area contributed by atoms with Crippen LogP contribution in [0.25, 0.3) is 0 Å². The van der Waals surface area contributed by atoms with Crippen molar-refractivity contribution >= 4 is 0 Å². The molecule has 84 valence electrons. The first-order chi connectivity index (χ1) is 6.29. The Morgan fingerprint density at radius 3 is 2.21 bits per heavy atom. The van der Waals surface area contributed by atoms with Crippen LogP contribution in [0.15, 0.2) is 0 Å². The average Bonchev–Trinajstić information content (AvgIpc) is 1.96. The van der Waals surface area contributed by atoms with Crippen molar-refractivity contribution in [3.63, 3.8) is 0 Å². The van der Waals surface area contributed by atoms with Gasteiger partial charge in [0, 0.05) is 5.92 Å². The van der Waals surface area contributed by atoms with Crippen molar-refractivity contribution < 1.29 is 9.47 Å². The van der Waals surface area contributed by atoms with Gasteiger partial charge in [0.15, 0.2) is 6.29 Å². The summed E-state index contributed by atoms with van der Waals surface area (Å²) in [4.78, 5) is 0. The molecule has 0 spiro atoms. The summed E-state index contributed by atoms with van der Waals surface area (Å²) in [7, 11) is 0. The first kappa shape index (κ1) is 12.0. The van der Waals surface area contributed by atoms with Crippen LogP contribution in [0, 0.1) is 11.8 Å². The molecule has 1 fully saturated rings. The summed E-state index contributed by atoms with van der Waals surface area (Å²) in [6, 6.07) is 0. The first-order valence-electron chi connectivity index (χ1n) is 5.63. The fourth-order valence-electron chi connectivity index (χ4n) is 1.90. The first-order valence-corrected chi connectivity index (χ1v) is 5.63. The third kappa shape index (κ3) is 3.25. The van der Waals surface area contributed by atoms with E-state index in [4.69, 9.17) is 9.47 Å². The Morgan fingerprint density at radius 1 is 1.14 bits per heavy atom. The SMILES string of the molecule is CC1C[C@H](C)C(C)[C@@H](OC(C)(C)C)O1. The molecule has 1 saturated heterocycles. The zero-order chi connectivity index (χ0) is 10.9. The second-order valence-corrected chi connectivity index (χ2v) is 5.62. The lowest BCUT2D eigenvalue weighted by molar-refractivity contribution is -0.261. The summed E-state index contributed by atoms with van der Waals surface area (Å²) >= 11 is 0. The van der Waals surface area contributed by atoms with Gasteiger partial charge in [-0.1, -0.05) is 13.8 Å². The Kier molecular flexibility index (Phi) is 3.59. The largest absolute Gasteiger partial charge is 0.349 e. The van der Waals surface area contributed by atoms with Crippen molar-refractivity contribution in [1.82, 2.24) is 0 Å². The maximum Gasteiger partial charge on any atom is 0.161 e. The normalized spacial score (nSPS) is 39.9. The standard InChI is InChI=1S/C12H24O2/c1-8-7-9(2)13-11(10(8)3)14-12(4,5)6/h8-11H,7H2,1-6H3/t8-,9?,10?,11+/m0/s1. The van der Waals surface area contributed by atoms with Crippen LogP contribution in [0.3, 0.4) is 0 Å². The minimum Gasteiger partial charge on any atom is -0.349 e. The fourth-order valence-corrected chi connectivity index (χ4v) is 1.90. The molecule has 0 aromatic heterocycles. The molecule has 1 aliphatic rings. The van der Waals surface area contributed by atoms with Gasteiger partial charge in [-0.05, 0) is 40.0 Å². The average molecular weight is 200 g/mol. The molecule has 2 heteroatoms. The molecule has 0 aromatic rings. The summed E-state index contributed by atoms with van der Waals surface area (Å²) in [5.41, 5.74) is -0.115. The van der Waals surface area contributed by atoms with Crippen molar-refractivity contribution in [2.45, 2.75) is 66.0 Å². The van der Waals surface area contributed by atoms with E-state index in [0.29, 0.717) is 17.9 Å². The Morgan fingerprint density at radius 2 is 1.71 bits per heavy atom. The van der Waals surface area contributed by atoms with Crippen molar-refractivity contribution in [2.24, 2.45) is 11.8 Å². The second-order valence-electron chi connectivity index (χ2n) is 5.62. The zero-order valence-corrected chi connectivity index (χ0v) is 10.3. The van der Waals surface area contributed by atoms with E-state index >= 15 is 0 Å². The van der Waals surface area contributed by atoms with E-state index in [1.54, 1.807) is 0 Å². The van der Waals surface area contributed by atoms with Crippen LogP contribution in [-0.2, 0) is 9.47 Å². The van der Waals surface area contributed by atoms with Crippen LogP contribution in [0.5, 0.6) is 0 Å². The summed E-state index contributed by atoms with van der Waals surface area (Å²) in [5.74, 6) is 1.18. The van der Waals surface area contributed by atoms with Crippen molar-refractivity contribution in [3.05, 3.63) is 0 Å². The predicted octanol–water partition coefficient (Wildman–Crippen LogP) is 3.21. The molecule has 0 radical (unpaired) electrons. The van der Waals surface area contributed by atoms with Gasteiger partial charge in [0.05, 0.1) is 11.7 Å². The monoisotopic (exact) mass is 200 g/mol. The Bertz CT molecular complexity index is 183. The molecule has 1 aliphatic heterocycles. The van der Waals surface area contributed by atoms with Crippen LogP contribution < -0.4 is 0 Å². The molecular formula is C12H24O2. The van der Waals surface area contributed by atoms with E-state index in [-0.39, 0.29) is 11.9 Å².